The number of hydrogen-bond acceptors (Lipinski definition) is 3. The molecule has 0 saturated carbocycles. The van der Waals surface area contributed by atoms with Crippen LogP contribution in [0.2, 0.25) is 0 Å². The van der Waals surface area contributed by atoms with Gasteiger partial charge < -0.3 is 14.4 Å². The SMILES string of the molecule is COc1ccc(C(C)C)cc1-c1ccc(C(F)(F)F)cc1CN1CC[C@@H](c2ccccc2C(F)(F)F)OC1=O. The summed E-state index contributed by atoms with van der Waals surface area (Å²) in [4.78, 5) is 14.1. The summed E-state index contributed by atoms with van der Waals surface area (Å²) in [5.41, 5.74) is 0.217. The maximum absolute atomic E-state index is 13.6. The summed E-state index contributed by atoms with van der Waals surface area (Å²) in [6.45, 7) is 3.72. The molecular weight excluding hydrogens is 524 g/mol. The molecule has 208 valence electrons. The minimum atomic E-state index is -4.63. The van der Waals surface area contributed by atoms with Gasteiger partial charge in [0.2, 0.25) is 0 Å². The van der Waals surface area contributed by atoms with Crippen LogP contribution >= 0.6 is 0 Å². The Balaban J connectivity index is 1.68. The molecule has 3 aromatic carbocycles. The number of amides is 1. The number of nitrogens with zero attached hydrogens (tertiary/aromatic N) is 1. The Morgan fingerprint density at radius 1 is 0.949 bits per heavy atom. The van der Waals surface area contributed by atoms with Gasteiger partial charge in [0, 0.05) is 30.6 Å². The fourth-order valence-electron chi connectivity index (χ4n) is 4.68. The van der Waals surface area contributed by atoms with Crippen molar-refractivity contribution in [1.82, 2.24) is 4.90 Å². The number of hydrogen-bond donors (Lipinski definition) is 0. The molecule has 1 atom stereocenters. The number of benzene rings is 3. The number of methoxy groups -OCH3 is 1. The smallest absolute Gasteiger partial charge is 0.416 e. The van der Waals surface area contributed by atoms with Crippen molar-refractivity contribution in [3.05, 3.63) is 88.5 Å². The zero-order valence-corrected chi connectivity index (χ0v) is 21.5. The molecule has 1 saturated heterocycles. The van der Waals surface area contributed by atoms with Crippen molar-refractivity contribution in [2.75, 3.05) is 13.7 Å². The second-order valence-electron chi connectivity index (χ2n) is 9.65. The van der Waals surface area contributed by atoms with E-state index in [0.717, 1.165) is 23.8 Å². The average Bonchev–Trinajstić information content (AvgIpc) is 2.88. The maximum atomic E-state index is 13.6. The molecule has 0 unspecified atom stereocenters. The largest absolute Gasteiger partial charge is 0.496 e. The molecule has 0 bridgehead atoms. The van der Waals surface area contributed by atoms with Crippen molar-refractivity contribution < 1.29 is 40.6 Å². The zero-order chi connectivity index (χ0) is 28.5. The molecule has 4 nitrogen and oxygen atoms in total. The molecule has 3 aromatic rings. The fraction of sp³-hybridized carbons (Fsp3) is 0.345. The van der Waals surface area contributed by atoms with Crippen molar-refractivity contribution >= 4 is 6.09 Å². The summed E-state index contributed by atoms with van der Waals surface area (Å²) in [5, 5.41) is 0. The third kappa shape index (κ3) is 6.15. The summed E-state index contributed by atoms with van der Waals surface area (Å²) in [5.74, 6) is 0.589. The number of alkyl halides is 6. The highest BCUT2D eigenvalue weighted by molar-refractivity contribution is 5.76. The highest BCUT2D eigenvalue weighted by Gasteiger charge is 2.38. The Morgan fingerprint density at radius 3 is 2.28 bits per heavy atom. The molecule has 0 radical (unpaired) electrons. The minimum Gasteiger partial charge on any atom is -0.496 e. The highest BCUT2D eigenvalue weighted by Crippen LogP contribution is 2.41. The van der Waals surface area contributed by atoms with E-state index in [1.165, 1.54) is 36.3 Å². The van der Waals surface area contributed by atoms with E-state index in [1.54, 1.807) is 6.07 Å². The lowest BCUT2D eigenvalue weighted by Gasteiger charge is -2.33. The van der Waals surface area contributed by atoms with Crippen LogP contribution < -0.4 is 4.74 Å². The standard InChI is InChI=1S/C29H27F6NO3/c1-17(2)18-8-11-25(38-3)23(15-18)21-10-9-20(28(30,31)32)14-19(21)16-36-13-12-26(39-27(36)37)22-6-4-5-7-24(22)29(33,34)35/h4-11,14-15,17,26H,12-13,16H2,1-3H3/t26-/m0/s1. The van der Waals surface area contributed by atoms with Crippen LogP contribution in [-0.4, -0.2) is 24.6 Å². The quantitative estimate of drug-likeness (QED) is 0.288. The summed E-state index contributed by atoms with van der Waals surface area (Å²) in [6, 6.07) is 13.6. The predicted molar refractivity (Wildman–Crippen MR) is 133 cm³/mol. The summed E-state index contributed by atoms with van der Waals surface area (Å²) in [6.07, 6.45) is -11.2. The van der Waals surface area contributed by atoms with Crippen LogP contribution in [-0.2, 0) is 23.6 Å². The first-order valence-corrected chi connectivity index (χ1v) is 12.3. The van der Waals surface area contributed by atoms with Gasteiger partial charge in [-0.25, -0.2) is 4.79 Å². The zero-order valence-electron chi connectivity index (χ0n) is 21.5. The molecule has 0 N–H and O–H groups in total. The van der Waals surface area contributed by atoms with Crippen molar-refractivity contribution in [3.8, 4) is 16.9 Å². The van der Waals surface area contributed by atoms with Crippen LogP contribution in [0.25, 0.3) is 11.1 Å². The third-order valence-electron chi connectivity index (χ3n) is 6.75. The van der Waals surface area contributed by atoms with Crippen molar-refractivity contribution in [2.24, 2.45) is 0 Å². The lowest BCUT2D eigenvalue weighted by molar-refractivity contribution is -0.140. The monoisotopic (exact) mass is 551 g/mol. The summed E-state index contributed by atoms with van der Waals surface area (Å²) >= 11 is 0. The van der Waals surface area contributed by atoms with Gasteiger partial charge in [-0.2, -0.15) is 26.3 Å². The molecule has 1 fully saturated rings. The van der Waals surface area contributed by atoms with Crippen LogP contribution in [0.4, 0.5) is 31.1 Å². The van der Waals surface area contributed by atoms with Gasteiger partial charge in [-0.3, -0.25) is 0 Å². The Hall–Kier alpha value is -3.69. The van der Waals surface area contributed by atoms with E-state index < -0.39 is 35.7 Å². The number of rotatable bonds is 6. The normalized spacial score (nSPS) is 16.4. The van der Waals surface area contributed by atoms with Crippen LogP contribution in [0.3, 0.4) is 0 Å². The van der Waals surface area contributed by atoms with Crippen molar-refractivity contribution in [3.63, 3.8) is 0 Å². The van der Waals surface area contributed by atoms with Gasteiger partial charge in [0.15, 0.2) is 0 Å². The van der Waals surface area contributed by atoms with Crippen molar-refractivity contribution in [2.45, 2.75) is 51.2 Å². The minimum absolute atomic E-state index is 0.00541. The lowest BCUT2D eigenvalue weighted by atomic mass is 9.92. The topological polar surface area (TPSA) is 38.8 Å². The number of cyclic esters (lactones) is 1. The van der Waals surface area contributed by atoms with Gasteiger partial charge in [0.25, 0.3) is 0 Å². The number of ether oxygens (including phenoxy) is 2. The first-order valence-electron chi connectivity index (χ1n) is 12.3. The molecule has 0 aliphatic carbocycles. The van der Waals surface area contributed by atoms with E-state index in [2.05, 4.69) is 0 Å². The summed E-state index contributed by atoms with van der Waals surface area (Å²) in [7, 11) is 1.46. The first-order chi connectivity index (χ1) is 18.3. The summed E-state index contributed by atoms with van der Waals surface area (Å²) < 4.78 is 92.2. The molecule has 0 spiro atoms. The van der Waals surface area contributed by atoms with Crippen LogP contribution in [0.15, 0.2) is 60.7 Å². The third-order valence-corrected chi connectivity index (χ3v) is 6.75. The molecule has 4 rings (SSSR count). The van der Waals surface area contributed by atoms with E-state index in [1.807, 2.05) is 26.0 Å². The molecule has 39 heavy (non-hydrogen) atoms. The van der Waals surface area contributed by atoms with E-state index in [0.29, 0.717) is 16.9 Å². The van der Waals surface area contributed by atoms with Gasteiger partial charge in [0.05, 0.1) is 18.2 Å². The van der Waals surface area contributed by atoms with Crippen LogP contribution in [0.5, 0.6) is 5.75 Å². The van der Waals surface area contributed by atoms with Crippen LogP contribution in [0, 0.1) is 0 Å². The van der Waals surface area contributed by atoms with E-state index in [9.17, 15) is 31.1 Å². The molecule has 1 heterocycles. The van der Waals surface area contributed by atoms with Gasteiger partial charge in [-0.1, -0.05) is 44.2 Å². The first kappa shape index (κ1) is 28.3. The van der Waals surface area contributed by atoms with E-state index >= 15 is 0 Å². The molecule has 10 heteroatoms. The maximum Gasteiger partial charge on any atom is 0.416 e. The van der Waals surface area contributed by atoms with Crippen molar-refractivity contribution in [1.29, 1.82) is 0 Å². The van der Waals surface area contributed by atoms with Gasteiger partial charge in [-0.15, -0.1) is 0 Å². The van der Waals surface area contributed by atoms with E-state index in [4.69, 9.17) is 9.47 Å². The number of carbonyl (C=O) groups excluding carboxylic acids is 1. The Morgan fingerprint density at radius 2 is 1.67 bits per heavy atom. The molecule has 1 amide bonds. The van der Waals surface area contributed by atoms with Crippen LogP contribution in [0.1, 0.15) is 60.1 Å². The highest BCUT2D eigenvalue weighted by atomic mass is 19.4. The molecular formula is C29H27F6NO3. The van der Waals surface area contributed by atoms with E-state index in [-0.39, 0.29) is 36.6 Å². The Kier molecular flexibility index (Phi) is 7.86. The van der Waals surface area contributed by atoms with Gasteiger partial charge in [-0.05, 0) is 52.9 Å². The molecule has 0 aromatic heterocycles. The second-order valence-corrected chi connectivity index (χ2v) is 9.65. The lowest BCUT2D eigenvalue weighted by Crippen LogP contribution is -2.39. The molecule has 1 aliphatic rings. The number of halogens is 6. The average molecular weight is 552 g/mol. The molecule has 1 aliphatic heterocycles. The van der Waals surface area contributed by atoms with Gasteiger partial charge >= 0.3 is 18.4 Å². The Bertz CT molecular complexity index is 1350. The second kappa shape index (κ2) is 10.8. The Labute approximate surface area is 222 Å². The fourth-order valence-corrected chi connectivity index (χ4v) is 4.68. The van der Waals surface area contributed by atoms with Gasteiger partial charge in [0.1, 0.15) is 11.9 Å². The predicted octanol–water partition coefficient (Wildman–Crippen LogP) is 8.61. The number of carbonyl (C=O) groups is 1.